The lowest BCUT2D eigenvalue weighted by Crippen LogP contribution is -2.34. The maximum Gasteiger partial charge on any atom is 0.161 e. The molecule has 0 radical (unpaired) electrons. The zero-order chi connectivity index (χ0) is 19.5. The smallest absolute Gasteiger partial charge is 0.161 e. The number of hydrogen-bond donors (Lipinski definition) is 0. The molecule has 0 bridgehead atoms. The summed E-state index contributed by atoms with van der Waals surface area (Å²) in [5, 5.41) is 0. The number of nitrogens with zero attached hydrogens (tertiary/aromatic N) is 1. The second kappa shape index (κ2) is 10.7. The van der Waals surface area contributed by atoms with Crippen molar-refractivity contribution in [1.29, 1.82) is 0 Å². The molecule has 0 spiro atoms. The van der Waals surface area contributed by atoms with Gasteiger partial charge in [-0.2, -0.15) is 0 Å². The number of rotatable bonds is 9. The van der Waals surface area contributed by atoms with Crippen LogP contribution in [0.25, 0.3) is 0 Å². The molecule has 1 fully saturated rings. The Morgan fingerprint density at radius 1 is 1.30 bits per heavy atom. The molecule has 1 aromatic carbocycles. The standard InChI is InChI=1S/C23H31NO3/c1-5-8-20(9-6-2)23(12-14-26-15-13-23)18-24-17-19-10-11-21(27-7-3)22(16-19)25-4/h5-6,8-11,16-17H,1,7,12-15,18H2,2-4H3. The van der Waals surface area contributed by atoms with E-state index in [-0.39, 0.29) is 5.41 Å². The van der Waals surface area contributed by atoms with Gasteiger partial charge in [0, 0.05) is 31.4 Å². The molecule has 0 N–H and O–H groups in total. The second-order valence-corrected chi connectivity index (χ2v) is 6.56. The quantitative estimate of drug-likeness (QED) is 0.454. The van der Waals surface area contributed by atoms with Gasteiger partial charge >= 0.3 is 0 Å². The molecule has 0 amide bonds. The number of methoxy groups -OCH3 is 1. The van der Waals surface area contributed by atoms with E-state index in [2.05, 4.69) is 24.8 Å². The highest BCUT2D eigenvalue weighted by Gasteiger charge is 2.34. The van der Waals surface area contributed by atoms with E-state index in [0.29, 0.717) is 6.61 Å². The van der Waals surface area contributed by atoms with Gasteiger partial charge in [-0.05, 0) is 56.0 Å². The fourth-order valence-electron chi connectivity index (χ4n) is 3.38. The minimum Gasteiger partial charge on any atom is -0.493 e. The zero-order valence-electron chi connectivity index (χ0n) is 16.7. The Hall–Kier alpha value is -2.33. The van der Waals surface area contributed by atoms with Gasteiger partial charge in [-0.25, -0.2) is 0 Å². The van der Waals surface area contributed by atoms with Crippen molar-refractivity contribution in [3.8, 4) is 11.5 Å². The summed E-state index contributed by atoms with van der Waals surface area (Å²) in [5.41, 5.74) is 2.26. The van der Waals surface area contributed by atoms with Crippen molar-refractivity contribution in [2.24, 2.45) is 10.4 Å². The van der Waals surface area contributed by atoms with Crippen LogP contribution < -0.4 is 9.47 Å². The van der Waals surface area contributed by atoms with Gasteiger partial charge in [-0.15, -0.1) is 0 Å². The van der Waals surface area contributed by atoms with Crippen molar-refractivity contribution in [3.05, 3.63) is 60.2 Å². The number of aliphatic imine (C=N–C) groups is 1. The van der Waals surface area contributed by atoms with E-state index in [9.17, 15) is 0 Å². The van der Waals surface area contributed by atoms with E-state index in [0.717, 1.165) is 49.7 Å². The fraction of sp³-hybridized carbons (Fsp3) is 0.435. The van der Waals surface area contributed by atoms with Crippen molar-refractivity contribution in [2.45, 2.75) is 26.7 Å². The molecule has 0 aliphatic carbocycles. The minimum absolute atomic E-state index is 0.00913. The molecule has 2 rings (SSSR count). The Morgan fingerprint density at radius 2 is 2.07 bits per heavy atom. The van der Waals surface area contributed by atoms with Crippen LogP contribution in [0, 0.1) is 5.41 Å². The van der Waals surface area contributed by atoms with Gasteiger partial charge in [0.05, 0.1) is 13.7 Å². The van der Waals surface area contributed by atoms with E-state index in [1.54, 1.807) is 7.11 Å². The summed E-state index contributed by atoms with van der Waals surface area (Å²) >= 11 is 0. The topological polar surface area (TPSA) is 40.0 Å². The molecule has 0 atom stereocenters. The van der Waals surface area contributed by atoms with Gasteiger partial charge in [-0.1, -0.05) is 30.9 Å². The molecule has 1 heterocycles. The number of hydrogen-bond acceptors (Lipinski definition) is 4. The molecule has 0 unspecified atom stereocenters. The van der Waals surface area contributed by atoms with Crippen LogP contribution in [0.5, 0.6) is 11.5 Å². The molecule has 4 nitrogen and oxygen atoms in total. The third-order valence-corrected chi connectivity index (χ3v) is 4.83. The first-order valence-electron chi connectivity index (χ1n) is 9.53. The molecule has 1 aromatic rings. The lowest BCUT2D eigenvalue weighted by molar-refractivity contribution is 0.0376. The Kier molecular flexibility index (Phi) is 8.34. The first kappa shape index (κ1) is 21.0. The molecule has 1 aliphatic rings. The highest BCUT2D eigenvalue weighted by atomic mass is 16.5. The van der Waals surface area contributed by atoms with Crippen LogP contribution in [0.3, 0.4) is 0 Å². The van der Waals surface area contributed by atoms with Gasteiger partial charge in [0.25, 0.3) is 0 Å². The third-order valence-electron chi connectivity index (χ3n) is 4.83. The number of benzene rings is 1. The summed E-state index contributed by atoms with van der Waals surface area (Å²) in [6.45, 7) is 10.7. The van der Waals surface area contributed by atoms with Gasteiger partial charge in [0.1, 0.15) is 0 Å². The van der Waals surface area contributed by atoms with E-state index < -0.39 is 0 Å². The van der Waals surface area contributed by atoms with Gasteiger partial charge < -0.3 is 14.2 Å². The van der Waals surface area contributed by atoms with Crippen LogP contribution in [-0.4, -0.2) is 39.7 Å². The van der Waals surface area contributed by atoms with Crippen LogP contribution in [0.1, 0.15) is 32.3 Å². The van der Waals surface area contributed by atoms with Crippen LogP contribution >= 0.6 is 0 Å². The Balaban J connectivity index is 2.21. The summed E-state index contributed by atoms with van der Waals surface area (Å²) in [6, 6.07) is 5.88. The van der Waals surface area contributed by atoms with Gasteiger partial charge in [0.2, 0.25) is 0 Å². The van der Waals surface area contributed by atoms with Crippen LogP contribution in [0.15, 0.2) is 59.6 Å². The summed E-state index contributed by atoms with van der Waals surface area (Å²) < 4.78 is 16.6. The van der Waals surface area contributed by atoms with Crippen molar-refractivity contribution in [2.75, 3.05) is 33.5 Å². The molecular weight excluding hydrogens is 338 g/mol. The fourth-order valence-corrected chi connectivity index (χ4v) is 3.38. The molecule has 1 saturated heterocycles. The molecule has 4 heteroatoms. The normalized spacial score (nSPS) is 17.4. The van der Waals surface area contributed by atoms with Crippen LogP contribution in [-0.2, 0) is 4.74 Å². The molecule has 146 valence electrons. The highest BCUT2D eigenvalue weighted by Crippen LogP contribution is 2.39. The highest BCUT2D eigenvalue weighted by molar-refractivity contribution is 5.81. The summed E-state index contributed by atoms with van der Waals surface area (Å²) in [5.74, 6) is 1.48. The molecule has 0 saturated carbocycles. The van der Waals surface area contributed by atoms with Crippen molar-refractivity contribution in [1.82, 2.24) is 0 Å². The summed E-state index contributed by atoms with van der Waals surface area (Å²) in [4.78, 5) is 4.79. The van der Waals surface area contributed by atoms with E-state index >= 15 is 0 Å². The second-order valence-electron chi connectivity index (χ2n) is 6.56. The maximum absolute atomic E-state index is 5.60. The zero-order valence-corrected chi connectivity index (χ0v) is 16.7. The first-order chi connectivity index (χ1) is 13.2. The Morgan fingerprint density at radius 3 is 2.70 bits per heavy atom. The molecule has 27 heavy (non-hydrogen) atoms. The Bertz CT molecular complexity index is 698. The molecular formula is C23H31NO3. The predicted molar refractivity (Wildman–Crippen MR) is 112 cm³/mol. The lowest BCUT2D eigenvalue weighted by atomic mass is 9.73. The van der Waals surface area contributed by atoms with Gasteiger partial charge in [-0.3, -0.25) is 4.99 Å². The Labute approximate surface area is 163 Å². The van der Waals surface area contributed by atoms with Crippen molar-refractivity contribution in [3.63, 3.8) is 0 Å². The summed E-state index contributed by atoms with van der Waals surface area (Å²) in [7, 11) is 1.65. The number of allylic oxidation sites excluding steroid dienone is 4. The maximum atomic E-state index is 5.60. The van der Waals surface area contributed by atoms with Crippen molar-refractivity contribution < 1.29 is 14.2 Å². The SMILES string of the molecule is C=CC=C(C=CC)C1(CN=Cc2ccc(OCC)c(OC)c2)CCOCC1. The third kappa shape index (κ3) is 5.57. The van der Waals surface area contributed by atoms with E-state index in [4.69, 9.17) is 19.2 Å². The summed E-state index contributed by atoms with van der Waals surface area (Å²) in [6.07, 6.45) is 12.0. The van der Waals surface area contributed by atoms with Crippen LogP contribution in [0.2, 0.25) is 0 Å². The van der Waals surface area contributed by atoms with E-state index in [1.807, 2.05) is 44.3 Å². The molecule has 1 aliphatic heterocycles. The van der Waals surface area contributed by atoms with E-state index in [1.165, 1.54) is 5.57 Å². The predicted octanol–water partition coefficient (Wildman–Crippen LogP) is 5.00. The lowest BCUT2D eigenvalue weighted by Gasteiger charge is -2.37. The largest absolute Gasteiger partial charge is 0.493 e. The first-order valence-corrected chi connectivity index (χ1v) is 9.53. The van der Waals surface area contributed by atoms with Crippen LogP contribution in [0.4, 0.5) is 0 Å². The minimum atomic E-state index is -0.00913. The average Bonchev–Trinajstić information content (AvgIpc) is 2.70. The molecule has 0 aromatic heterocycles. The average molecular weight is 370 g/mol. The van der Waals surface area contributed by atoms with Crippen molar-refractivity contribution >= 4 is 6.21 Å². The number of ether oxygens (including phenoxy) is 3. The monoisotopic (exact) mass is 369 g/mol. The van der Waals surface area contributed by atoms with Gasteiger partial charge in [0.15, 0.2) is 11.5 Å².